The van der Waals surface area contributed by atoms with Gasteiger partial charge in [-0.25, -0.2) is 17.9 Å². The first-order valence-electron chi connectivity index (χ1n) is 9.94. The highest BCUT2D eigenvalue weighted by Crippen LogP contribution is 2.31. The Labute approximate surface area is 201 Å². The number of hydrogen-bond acceptors (Lipinski definition) is 7. The summed E-state index contributed by atoms with van der Waals surface area (Å²) in [6.07, 6.45) is 2.99. The molecule has 1 amide bonds. The van der Waals surface area contributed by atoms with E-state index in [0.29, 0.717) is 34.1 Å². The van der Waals surface area contributed by atoms with Crippen molar-refractivity contribution in [3.05, 3.63) is 45.2 Å². The van der Waals surface area contributed by atoms with Gasteiger partial charge in [0.1, 0.15) is 10.9 Å². The van der Waals surface area contributed by atoms with E-state index in [1.165, 1.54) is 17.9 Å². The van der Waals surface area contributed by atoms with Crippen molar-refractivity contribution in [1.82, 2.24) is 9.78 Å². The van der Waals surface area contributed by atoms with Gasteiger partial charge in [0.25, 0.3) is 5.91 Å². The third-order valence-electron chi connectivity index (χ3n) is 5.11. The van der Waals surface area contributed by atoms with Crippen LogP contribution in [-0.4, -0.2) is 55.3 Å². The maximum Gasteiger partial charge on any atom is 0.331 e. The molecule has 1 aromatic heterocycles. The number of carbonyl (C=O) groups excluding carboxylic acids is 2. The molecule has 0 spiro atoms. The van der Waals surface area contributed by atoms with Gasteiger partial charge in [-0.2, -0.15) is 5.10 Å². The smallest absolute Gasteiger partial charge is 0.331 e. The fraction of sp³-hybridized carbons (Fsp3) is 0.381. The Hall–Kier alpha value is -2.56. The predicted octanol–water partition coefficient (Wildman–Crippen LogP) is 3.37. The predicted molar refractivity (Wildman–Crippen MR) is 126 cm³/mol. The summed E-state index contributed by atoms with van der Waals surface area (Å²) < 4.78 is 35.1. The molecule has 2 aromatic rings. The number of carbonyl (C=O) groups is 2. The van der Waals surface area contributed by atoms with E-state index >= 15 is 0 Å². The van der Waals surface area contributed by atoms with Gasteiger partial charge in [0.2, 0.25) is 0 Å². The topological polar surface area (TPSA) is 117 Å². The molecule has 178 valence electrons. The van der Waals surface area contributed by atoms with E-state index in [0.717, 1.165) is 11.6 Å². The first-order chi connectivity index (χ1) is 15.5. The fourth-order valence-corrected chi connectivity index (χ4v) is 5.61. The first kappa shape index (κ1) is 25.1. The number of ether oxygens (including phenoxy) is 2. The zero-order valence-corrected chi connectivity index (χ0v) is 20.6. The third-order valence-corrected chi connectivity index (χ3v) is 7.65. The molecular formula is C21H23Cl2N3O6S. The summed E-state index contributed by atoms with van der Waals surface area (Å²) in [5, 5.41) is 7.66. The van der Waals surface area contributed by atoms with Crippen LogP contribution in [0.3, 0.4) is 0 Å². The Kier molecular flexibility index (Phi) is 7.71. The van der Waals surface area contributed by atoms with Crippen LogP contribution in [0.4, 0.5) is 5.69 Å². The summed E-state index contributed by atoms with van der Waals surface area (Å²) in [5.41, 5.74) is 2.16. The lowest BCUT2D eigenvalue weighted by Gasteiger charge is -2.12. The van der Waals surface area contributed by atoms with Crippen molar-refractivity contribution < 1.29 is 27.5 Å². The molecule has 1 aliphatic heterocycles. The minimum Gasteiger partial charge on any atom is -0.495 e. The van der Waals surface area contributed by atoms with Crippen LogP contribution < -0.4 is 10.1 Å². The Morgan fingerprint density at radius 3 is 2.67 bits per heavy atom. The number of sulfone groups is 1. The fourth-order valence-electron chi connectivity index (χ4n) is 3.38. The Bertz CT molecular complexity index is 1220. The average molecular weight is 516 g/mol. The minimum atomic E-state index is -3.10. The zero-order valence-electron chi connectivity index (χ0n) is 18.2. The SMILES string of the molecule is COc1cc(Cl)c(C)cc1NC(=O)COC(=O)/C=C/c1c(C)nn([C@H]2CCS(=O)(=O)C2)c1Cl. The van der Waals surface area contributed by atoms with Crippen molar-refractivity contribution in [2.24, 2.45) is 0 Å². The number of nitrogens with one attached hydrogen (secondary N) is 1. The number of aromatic nitrogens is 2. The third kappa shape index (κ3) is 6.07. The van der Waals surface area contributed by atoms with Crippen LogP contribution in [0, 0.1) is 13.8 Å². The molecule has 1 saturated heterocycles. The number of amides is 1. The van der Waals surface area contributed by atoms with Gasteiger partial charge in [-0.05, 0) is 38.0 Å². The summed E-state index contributed by atoms with van der Waals surface area (Å²) in [6.45, 7) is 2.97. The first-order valence-corrected chi connectivity index (χ1v) is 12.5. The van der Waals surface area contributed by atoms with E-state index < -0.39 is 28.3 Å². The van der Waals surface area contributed by atoms with Crippen LogP contribution in [0.5, 0.6) is 5.75 Å². The number of rotatable bonds is 7. The molecule has 33 heavy (non-hydrogen) atoms. The molecule has 0 radical (unpaired) electrons. The summed E-state index contributed by atoms with van der Waals surface area (Å²) in [4.78, 5) is 24.3. The lowest BCUT2D eigenvalue weighted by atomic mass is 10.2. The second-order valence-electron chi connectivity index (χ2n) is 7.58. The Balaban J connectivity index is 1.60. The van der Waals surface area contributed by atoms with Crippen molar-refractivity contribution in [2.75, 3.05) is 30.5 Å². The van der Waals surface area contributed by atoms with Crippen LogP contribution in [0.2, 0.25) is 10.2 Å². The van der Waals surface area contributed by atoms with Crippen molar-refractivity contribution in [2.45, 2.75) is 26.3 Å². The molecule has 3 rings (SSSR count). The largest absolute Gasteiger partial charge is 0.495 e. The number of nitrogens with zero attached hydrogens (tertiary/aromatic N) is 2. The van der Waals surface area contributed by atoms with Crippen molar-refractivity contribution >= 4 is 56.7 Å². The normalized spacial score (nSPS) is 17.3. The molecule has 0 aliphatic carbocycles. The quantitative estimate of drug-likeness (QED) is 0.443. The number of anilines is 1. The molecular weight excluding hydrogens is 493 g/mol. The highest BCUT2D eigenvalue weighted by molar-refractivity contribution is 7.91. The molecule has 1 fully saturated rings. The standard InChI is InChI=1S/C21H23Cl2N3O6S/c1-12-8-17(18(31-3)9-16(12)22)24-19(27)10-32-20(28)5-4-15-13(2)25-26(21(15)23)14-6-7-33(29,30)11-14/h4-5,8-9,14H,6-7,10-11H2,1-3H3,(H,24,27)/b5-4+/t14-/m0/s1. The van der Waals surface area contributed by atoms with E-state index in [1.54, 1.807) is 26.0 Å². The molecule has 1 N–H and O–H groups in total. The Morgan fingerprint density at radius 1 is 1.30 bits per heavy atom. The molecule has 12 heteroatoms. The van der Waals surface area contributed by atoms with Crippen LogP contribution >= 0.6 is 23.2 Å². The average Bonchev–Trinajstić information content (AvgIpc) is 3.25. The maximum absolute atomic E-state index is 12.2. The number of hydrogen-bond donors (Lipinski definition) is 1. The van der Waals surface area contributed by atoms with Crippen LogP contribution in [-0.2, 0) is 24.2 Å². The molecule has 0 unspecified atom stereocenters. The summed E-state index contributed by atoms with van der Waals surface area (Å²) in [7, 11) is -1.65. The van der Waals surface area contributed by atoms with Crippen molar-refractivity contribution in [1.29, 1.82) is 0 Å². The molecule has 0 saturated carbocycles. The summed E-state index contributed by atoms with van der Waals surface area (Å²) >= 11 is 12.4. The number of esters is 1. The van der Waals surface area contributed by atoms with Gasteiger partial charge < -0.3 is 14.8 Å². The number of benzene rings is 1. The summed E-state index contributed by atoms with van der Waals surface area (Å²) in [6, 6.07) is 2.89. The van der Waals surface area contributed by atoms with Gasteiger partial charge in [-0.1, -0.05) is 23.2 Å². The zero-order chi connectivity index (χ0) is 24.3. The van der Waals surface area contributed by atoms with Crippen LogP contribution in [0.1, 0.15) is 29.3 Å². The second kappa shape index (κ2) is 10.1. The van der Waals surface area contributed by atoms with Gasteiger partial charge in [0.05, 0.1) is 36.0 Å². The van der Waals surface area contributed by atoms with E-state index in [2.05, 4.69) is 10.4 Å². The van der Waals surface area contributed by atoms with E-state index in [-0.39, 0.29) is 22.7 Å². The van der Waals surface area contributed by atoms with Crippen molar-refractivity contribution in [3.8, 4) is 5.75 Å². The molecule has 0 bridgehead atoms. The Morgan fingerprint density at radius 2 is 2.03 bits per heavy atom. The van der Waals surface area contributed by atoms with Crippen LogP contribution in [0.15, 0.2) is 18.2 Å². The van der Waals surface area contributed by atoms with Gasteiger partial charge in [-0.3, -0.25) is 4.79 Å². The minimum absolute atomic E-state index is 0.0217. The van der Waals surface area contributed by atoms with Gasteiger partial charge in [-0.15, -0.1) is 0 Å². The molecule has 2 heterocycles. The number of aryl methyl sites for hydroxylation is 2. The maximum atomic E-state index is 12.2. The summed E-state index contributed by atoms with van der Waals surface area (Å²) in [5.74, 6) is -0.861. The number of halogens is 2. The molecule has 9 nitrogen and oxygen atoms in total. The van der Waals surface area contributed by atoms with Gasteiger partial charge in [0, 0.05) is 22.7 Å². The highest BCUT2D eigenvalue weighted by atomic mass is 35.5. The van der Waals surface area contributed by atoms with Crippen LogP contribution in [0.25, 0.3) is 6.08 Å². The second-order valence-corrected chi connectivity index (χ2v) is 10.6. The van der Waals surface area contributed by atoms with Gasteiger partial charge >= 0.3 is 5.97 Å². The van der Waals surface area contributed by atoms with E-state index in [1.807, 2.05) is 0 Å². The molecule has 1 aromatic carbocycles. The monoisotopic (exact) mass is 515 g/mol. The number of methoxy groups -OCH3 is 1. The molecule has 1 aliphatic rings. The molecule has 1 atom stereocenters. The van der Waals surface area contributed by atoms with Crippen molar-refractivity contribution in [3.63, 3.8) is 0 Å². The lowest BCUT2D eigenvalue weighted by molar-refractivity contribution is -0.142. The van der Waals surface area contributed by atoms with Gasteiger partial charge in [0.15, 0.2) is 16.4 Å². The highest BCUT2D eigenvalue weighted by Gasteiger charge is 2.31. The lowest BCUT2D eigenvalue weighted by Crippen LogP contribution is -2.20. The van der Waals surface area contributed by atoms with E-state index in [4.69, 9.17) is 32.7 Å². The van der Waals surface area contributed by atoms with E-state index in [9.17, 15) is 18.0 Å².